The standard InChI is InChI=1S/C15H27NO4S/c1-14(20,11-21-2)10-16-12(17)9-15(13(18)19)7-5-3-4-6-8-15/h20H,3-11H2,1-2H3,(H,16,17)(H,18,19). The molecule has 1 atom stereocenters. The van der Waals surface area contributed by atoms with Gasteiger partial charge in [0.15, 0.2) is 0 Å². The Labute approximate surface area is 130 Å². The number of carbonyl (C=O) groups excluding carboxylic acids is 1. The molecule has 0 aromatic rings. The highest BCUT2D eigenvalue weighted by Gasteiger charge is 2.40. The van der Waals surface area contributed by atoms with E-state index in [0.717, 1.165) is 25.7 Å². The molecule has 3 N–H and O–H groups in total. The van der Waals surface area contributed by atoms with Gasteiger partial charge in [0.05, 0.1) is 11.0 Å². The van der Waals surface area contributed by atoms with E-state index in [2.05, 4.69) is 5.32 Å². The molecule has 1 aliphatic carbocycles. The highest BCUT2D eigenvalue weighted by molar-refractivity contribution is 7.98. The summed E-state index contributed by atoms with van der Waals surface area (Å²) in [6, 6.07) is 0. The lowest BCUT2D eigenvalue weighted by Crippen LogP contribution is -2.45. The van der Waals surface area contributed by atoms with Gasteiger partial charge < -0.3 is 15.5 Å². The van der Waals surface area contributed by atoms with E-state index in [4.69, 9.17) is 0 Å². The Morgan fingerprint density at radius 2 is 1.81 bits per heavy atom. The van der Waals surface area contributed by atoms with Gasteiger partial charge in [-0.15, -0.1) is 0 Å². The van der Waals surface area contributed by atoms with Crippen LogP contribution in [0.4, 0.5) is 0 Å². The summed E-state index contributed by atoms with van der Waals surface area (Å²) in [7, 11) is 0. The summed E-state index contributed by atoms with van der Waals surface area (Å²) in [5, 5.41) is 22.3. The molecule has 0 aromatic carbocycles. The van der Waals surface area contributed by atoms with Crippen LogP contribution in [0.2, 0.25) is 0 Å². The zero-order chi connectivity index (χ0) is 15.9. The van der Waals surface area contributed by atoms with E-state index < -0.39 is 17.0 Å². The van der Waals surface area contributed by atoms with Crippen molar-refractivity contribution < 1.29 is 19.8 Å². The predicted octanol–water partition coefficient (Wildman–Crippen LogP) is 2.03. The van der Waals surface area contributed by atoms with Gasteiger partial charge in [0.2, 0.25) is 5.91 Å². The molecule has 0 heterocycles. The molecule has 6 heteroatoms. The molecule has 0 aromatic heterocycles. The van der Waals surface area contributed by atoms with E-state index in [1.807, 2.05) is 6.26 Å². The van der Waals surface area contributed by atoms with E-state index >= 15 is 0 Å². The van der Waals surface area contributed by atoms with E-state index in [9.17, 15) is 19.8 Å². The van der Waals surface area contributed by atoms with Gasteiger partial charge in [0.1, 0.15) is 0 Å². The van der Waals surface area contributed by atoms with Crippen molar-refractivity contribution in [3.05, 3.63) is 0 Å². The van der Waals surface area contributed by atoms with E-state index in [1.165, 1.54) is 11.8 Å². The lowest BCUT2D eigenvalue weighted by Gasteiger charge is -2.28. The second-order valence-electron chi connectivity index (χ2n) is 6.38. The maximum atomic E-state index is 12.1. The molecule has 122 valence electrons. The molecule has 0 spiro atoms. The summed E-state index contributed by atoms with van der Waals surface area (Å²) >= 11 is 1.51. The molecule has 1 amide bonds. The minimum Gasteiger partial charge on any atom is -0.481 e. The molecule has 1 fully saturated rings. The quantitative estimate of drug-likeness (QED) is 0.626. The first kappa shape index (κ1) is 18.3. The molecule has 0 radical (unpaired) electrons. The summed E-state index contributed by atoms with van der Waals surface area (Å²) in [6.45, 7) is 1.82. The Hall–Kier alpha value is -0.750. The van der Waals surface area contributed by atoms with Crippen molar-refractivity contribution in [3.8, 4) is 0 Å². The molecular weight excluding hydrogens is 290 g/mol. The Balaban J connectivity index is 2.59. The second kappa shape index (κ2) is 8.03. The molecule has 1 rings (SSSR count). The highest BCUT2D eigenvalue weighted by Crippen LogP contribution is 2.38. The zero-order valence-electron chi connectivity index (χ0n) is 13.0. The van der Waals surface area contributed by atoms with Crippen LogP contribution in [0.25, 0.3) is 0 Å². The summed E-state index contributed by atoms with van der Waals surface area (Å²) in [4.78, 5) is 23.7. The Kier molecular flexibility index (Phi) is 7.00. The molecule has 1 unspecified atom stereocenters. The number of aliphatic carboxylic acids is 1. The summed E-state index contributed by atoms with van der Waals surface area (Å²) < 4.78 is 0. The minimum absolute atomic E-state index is 0.0116. The number of carboxylic acid groups (broad SMARTS) is 1. The van der Waals surface area contributed by atoms with Crippen molar-refractivity contribution in [2.45, 2.75) is 57.5 Å². The number of rotatable bonds is 7. The Bertz CT molecular complexity index is 363. The predicted molar refractivity (Wildman–Crippen MR) is 84.4 cm³/mol. The summed E-state index contributed by atoms with van der Waals surface area (Å²) in [5.41, 5.74) is -1.89. The fraction of sp³-hybridized carbons (Fsp3) is 0.867. The third-order valence-electron chi connectivity index (χ3n) is 4.13. The normalized spacial score (nSPS) is 21.1. The lowest BCUT2D eigenvalue weighted by molar-refractivity contribution is -0.153. The zero-order valence-corrected chi connectivity index (χ0v) is 13.8. The van der Waals surface area contributed by atoms with Crippen LogP contribution in [0.1, 0.15) is 51.9 Å². The number of thioether (sulfide) groups is 1. The van der Waals surface area contributed by atoms with Crippen LogP contribution >= 0.6 is 11.8 Å². The molecule has 1 aliphatic rings. The molecular formula is C15H27NO4S. The van der Waals surface area contributed by atoms with E-state index in [0.29, 0.717) is 18.6 Å². The number of carboxylic acids is 1. The molecule has 0 aliphatic heterocycles. The van der Waals surface area contributed by atoms with Crippen LogP contribution in [-0.4, -0.2) is 46.2 Å². The molecule has 1 saturated carbocycles. The lowest BCUT2D eigenvalue weighted by atomic mass is 9.77. The first-order chi connectivity index (χ1) is 9.81. The molecule has 21 heavy (non-hydrogen) atoms. The van der Waals surface area contributed by atoms with Gasteiger partial charge in [-0.25, -0.2) is 0 Å². The average molecular weight is 317 g/mol. The van der Waals surface area contributed by atoms with Crippen LogP contribution < -0.4 is 5.32 Å². The monoisotopic (exact) mass is 317 g/mol. The largest absolute Gasteiger partial charge is 0.481 e. The van der Waals surface area contributed by atoms with E-state index in [-0.39, 0.29) is 18.9 Å². The molecule has 0 saturated heterocycles. The van der Waals surface area contributed by atoms with Crippen LogP contribution in [0, 0.1) is 5.41 Å². The SMILES string of the molecule is CSCC(C)(O)CNC(=O)CC1(C(=O)O)CCCCCC1. The number of carbonyl (C=O) groups is 2. The second-order valence-corrected chi connectivity index (χ2v) is 7.25. The minimum atomic E-state index is -0.963. The smallest absolute Gasteiger partial charge is 0.310 e. The van der Waals surface area contributed by atoms with Gasteiger partial charge in [-0.05, 0) is 26.0 Å². The van der Waals surface area contributed by atoms with Gasteiger partial charge in [-0.3, -0.25) is 9.59 Å². The fourth-order valence-corrected chi connectivity index (χ4v) is 3.62. The van der Waals surface area contributed by atoms with Gasteiger partial charge >= 0.3 is 5.97 Å². The summed E-state index contributed by atoms with van der Waals surface area (Å²) in [6.07, 6.45) is 6.85. The molecule has 0 bridgehead atoms. The van der Waals surface area contributed by atoms with Crippen molar-refractivity contribution in [2.75, 3.05) is 18.6 Å². The molecule has 5 nitrogen and oxygen atoms in total. The third kappa shape index (κ3) is 5.87. The van der Waals surface area contributed by atoms with Crippen molar-refractivity contribution in [1.29, 1.82) is 0 Å². The number of hydrogen-bond donors (Lipinski definition) is 3. The topological polar surface area (TPSA) is 86.6 Å². The number of hydrogen-bond acceptors (Lipinski definition) is 4. The average Bonchev–Trinajstić information content (AvgIpc) is 2.63. The maximum absolute atomic E-state index is 12.1. The van der Waals surface area contributed by atoms with Gasteiger partial charge in [-0.2, -0.15) is 11.8 Å². The maximum Gasteiger partial charge on any atom is 0.310 e. The third-order valence-corrected chi connectivity index (χ3v) is 5.05. The first-order valence-electron chi connectivity index (χ1n) is 7.53. The Morgan fingerprint density at radius 1 is 1.24 bits per heavy atom. The van der Waals surface area contributed by atoms with Gasteiger partial charge in [0.25, 0.3) is 0 Å². The number of amides is 1. The number of nitrogens with one attached hydrogen (secondary N) is 1. The fourth-order valence-electron chi connectivity index (χ4n) is 2.89. The van der Waals surface area contributed by atoms with Gasteiger partial charge in [-0.1, -0.05) is 25.7 Å². The van der Waals surface area contributed by atoms with Crippen LogP contribution in [-0.2, 0) is 9.59 Å². The van der Waals surface area contributed by atoms with E-state index in [1.54, 1.807) is 6.92 Å². The summed E-state index contributed by atoms with van der Waals surface area (Å²) in [5.74, 6) is -0.617. The highest BCUT2D eigenvalue weighted by atomic mass is 32.2. The van der Waals surface area contributed by atoms with Crippen molar-refractivity contribution in [3.63, 3.8) is 0 Å². The van der Waals surface area contributed by atoms with Crippen LogP contribution in [0.5, 0.6) is 0 Å². The van der Waals surface area contributed by atoms with Crippen molar-refractivity contribution in [2.24, 2.45) is 5.41 Å². The Morgan fingerprint density at radius 3 is 2.29 bits per heavy atom. The number of aliphatic hydroxyl groups is 1. The van der Waals surface area contributed by atoms with Crippen LogP contribution in [0.3, 0.4) is 0 Å². The van der Waals surface area contributed by atoms with Crippen molar-refractivity contribution in [1.82, 2.24) is 5.32 Å². The van der Waals surface area contributed by atoms with Crippen LogP contribution in [0.15, 0.2) is 0 Å². The van der Waals surface area contributed by atoms with Crippen molar-refractivity contribution >= 4 is 23.6 Å². The first-order valence-corrected chi connectivity index (χ1v) is 8.92. The van der Waals surface area contributed by atoms with Gasteiger partial charge in [0, 0.05) is 18.7 Å².